The van der Waals surface area contributed by atoms with Crippen LogP contribution in [0.3, 0.4) is 0 Å². The summed E-state index contributed by atoms with van der Waals surface area (Å²) in [5, 5.41) is 19.5. The number of hydrogen-bond donors (Lipinski definition) is 3. The Kier molecular flexibility index (Phi) is 6.24. The molecule has 0 unspecified atom stereocenters. The summed E-state index contributed by atoms with van der Waals surface area (Å²) in [4.78, 5) is 38.7. The first kappa shape index (κ1) is 25.2. The standard InChI is InChI=1S/C26H26FN7O4/c1-30-24(36)16-4-3-14(7-18(16)27)15-8-20-22(17(23(29)35)9-31-34(20)10-15)32-19-11-33(12-21(19)38-2)25(37)26(13-28)5-6-26/h3-4,7-10,19,21,32H,5-6,11-12H2,1-2H3,(H2,29,35)(H,30,36)/t19-,21+/m1/s1. The minimum atomic E-state index is -0.950. The largest absolute Gasteiger partial charge is 0.377 e. The fraction of sp³-hybridized carbons (Fsp3) is 0.346. The molecule has 1 saturated heterocycles. The highest BCUT2D eigenvalue weighted by Crippen LogP contribution is 2.47. The fourth-order valence-electron chi connectivity index (χ4n) is 4.87. The average Bonchev–Trinajstić information content (AvgIpc) is 3.41. The molecular formula is C26H26FN7O4. The van der Waals surface area contributed by atoms with E-state index in [1.54, 1.807) is 23.2 Å². The number of methoxy groups -OCH3 is 1. The van der Waals surface area contributed by atoms with Gasteiger partial charge in [-0.1, -0.05) is 6.07 Å². The van der Waals surface area contributed by atoms with Crippen molar-refractivity contribution in [3.05, 3.63) is 53.6 Å². The predicted octanol–water partition coefficient (Wildman–Crippen LogP) is 1.54. The fourth-order valence-corrected chi connectivity index (χ4v) is 4.87. The van der Waals surface area contributed by atoms with Crippen LogP contribution in [0.4, 0.5) is 10.1 Å². The van der Waals surface area contributed by atoms with Crippen LogP contribution < -0.4 is 16.4 Å². The number of carbonyl (C=O) groups excluding carboxylic acids is 3. The van der Waals surface area contributed by atoms with Crippen molar-refractivity contribution >= 4 is 28.9 Å². The number of anilines is 1. The van der Waals surface area contributed by atoms with E-state index in [-0.39, 0.29) is 23.6 Å². The van der Waals surface area contributed by atoms with Gasteiger partial charge in [-0.25, -0.2) is 8.91 Å². The van der Waals surface area contributed by atoms with E-state index in [0.717, 1.165) is 0 Å². The van der Waals surface area contributed by atoms with Gasteiger partial charge in [-0.15, -0.1) is 0 Å². The number of ether oxygens (including phenoxy) is 1. The first-order chi connectivity index (χ1) is 18.2. The van der Waals surface area contributed by atoms with Gasteiger partial charge in [0.25, 0.3) is 11.8 Å². The second-order valence-electron chi connectivity index (χ2n) is 9.56. The van der Waals surface area contributed by atoms with Crippen LogP contribution in [-0.4, -0.2) is 71.6 Å². The van der Waals surface area contributed by atoms with Crippen molar-refractivity contribution in [2.75, 3.05) is 32.6 Å². The third-order valence-corrected chi connectivity index (χ3v) is 7.24. The second-order valence-corrected chi connectivity index (χ2v) is 9.56. The van der Waals surface area contributed by atoms with Crippen LogP contribution in [0.5, 0.6) is 0 Å². The lowest BCUT2D eigenvalue weighted by molar-refractivity contribution is -0.134. The van der Waals surface area contributed by atoms with Crippen LogP contribution in [0.15, 0.2) is 36.7 Å². The van der Waals surface area contributed by atoms with Crippen LogP contribution in [0.1, 0.15) is 33.6 Å². The molecule has 38 heavy (non-hydrogen) atoms. The van der Waals surface area contributed by atoms with Crippen molar-refractivity contribution in [3.8, 4) is 17.2 Å². The van der Waals surface area contributed by atoms with Gasteiger partial charge >= 0.3 is 0 Å². The molecule has 1 aromatic carbocycles. The van der Waals surface area contributed by atoms with E-state index >= 15 is 0 Å². The molecule has 11 nitrogen and oxygen atoms in total. The van der Waals surface area contributed by atoms with Gasteiger partial charge in [-0.3, -0.25) is 14.4 Å². The van der Waals surface area contributed by atoms with Crippen LogP contribution in [0, 0.1) is 22.6 Å². The molecule has 196 valence electrons. The maximum Gasteiger partial charge on any atom is 0.253 e. The number of nitrogens with one attached hydrogen (secondary N) is 2. The Hall–Kier alpha value is -4.50. The number of nitrogens with two attached hydrogens (primary N) is 1. The quantitative estimate of drug-likeness (QED) is 0.428. The molecule has 1 aliphatic carbocycles. The van der Waals surface area contributed by atoms with E-state index in [0.29, 0.717) is 41.7 Å². The Morgan fingerprint density at radius 1 is 1.21 bits per heavy atom. The summed E-state index contributed by atoms with van der Waals surface area (Å²) in [6.07, 6.45) is 3.70. The van der Waals surface area contributed by atoms with E-state index in [4.69, 9.17) is 10.5 Å². The van der Waals surface area contributed by atoms with Gasteiger partial charge in [0.15, 0.2) is 0 Å². The van der Waals surface area contributed by atoms with Crippen LogP contribution >= 0.6 is 0 Å². The summed E-state index contributed by atoms with van der Waals surface area (Å²) in [5.74, 6) is -2.12. The Morgan fingerprint density at radius 3 is 2.58 bits per heavy atom. The van der Waals surface area contributed by atoms with Gasteiger partial charge in [0.05, 0.1) is 46.7 Å². The molecule has 0 spiro atoms. The number of hydrogen-bond acceptors (Lipinski definition) is 7. The van der Waals surface area contributed by atoms with Gasteiger partial charge in [0, 0.05) is 39.0 Å². The zero-order valence-electron chi connectivity index (χ0n) is 20.8. The Labute approximate surface area is 217 Å². The number of halogens is 1. The number of nitriles is 1. The van der Waals surface area contributed by atoms with Gasteiger partial charge < -0.3 is 26.0 Å². The minimum absolute atomic E-state index is 0.0770. The summed E-state index contributed by atoms with van der Waals surface area (Å²) in [5.41, 5.74) is 6.76. The van der Waals surface area contributed by atoms with Gasteiger partial charge in [-0.2, -0.15) is 10.4 Å². The van der Waals surface area contributed by atoms with Crippen molar-refractivity contribution in [1.82, 2.24) is 19.8 Å². The lowest BCUT2D eigenvalue weighted by Crippen LogP contribution is -2.37. The average molecular weight is 520 g/mol. The molecular weight excluding hydrogens is 493 g/mol. The van der Waals surface area contributed by atoms with Crippen molar-refractivity contribution < 1.29 is 23.5 Å². The number of likely N-dealkylation sites (tertiary alicyclic amines) is 1. The van der Waals surface area contributed by atoms with E-state index in [2.05, 4.69) is 21.8 Å². The van der Waals surface area contributed by atoms with Crippen molar-refractivity contribution in [2.24, 2.45) is 11.1 Å². The maximum absolute atomic E-state index is 14.6. The van der Waals surface area contributed by atoms with E-state index in [1.807, 2.05) is 0 Å². The molecule has 0 bridgehead atoms. The van der Waals surface area contributed by atoms with Crippen molar-refractivity contribution in [1.29, 1.82) is 5.26 Å². The normalized spacial score (nSPS) is 19.7. The third kappa shape index (κ3) is 4.20. The highest BCUT2D eigenvalue weighted by atomic mass is 19.1. The molecule has 4 N–H and O–H groups in total. The van der Waals surface area contributed by atoms with E-state index in [1.165, 1.54) is 37.0 Å². The molecule has 1 saturated carbocycles. The number of rotatable bonds is 7. The Morgan fingerprint density at radius 2 is 1.97 bits per heavy atom. The van der Waals surface area contributed by atoms with Crippen molar-refractivity contribution in [2.45, 2.75) is 25.0 Å². The first-order valence-corrected chi connectivity index (χ1v) is 12.0. The molecule has 3 heterocycles. The number of benzene rings is 1. The maximum atomic E-state index is 14.6. The van der Waals surface area contributed by atoms with Gasteiger partial charge in [-0.05, 0) is 36.6 Å². The van der Waals surface area contributed by atoms with Crippen LogP contribution in [0.25, 0.3) is 16.6 Å². The molecule has 1 aliphatic heterocycles. The smallest absolute Gasteiger partial charge is 0.253 e. The Bertz CT molecular complexity index is 1510. The number of primary amides is 1. The number of amides is 3. The molecule has 5 rings (SSSR count). The summed E-state index contributed by atoms with van der Waals surface area (Å²) in [6.45, 7) is 0.570. The third-order valence-electron chi connectivity index (χ3n) is 7.24. The highest BCUT2D eigenvalue weighted by molar-refractivity contribution is 6.02. The molecule has 2 aromatic heterocycles. The van der Waals surface area contributed by atoms with E-state index in [9.17, 15) is 24.0 Å². The summed E-state index contributed by atoms with van der Waals surface area (Å²) < 4.78 is 21.8. The molecule has 2 fully saturated rings. The molecule has 3 amide bonds. The highest BCUT2D eigenvalue weighted by Gasteiger charge is 2.54. The molecule has 2 atom stereocenters. The number of aromatic nitrogens is 2. The topological polar surface area (TPSA) is 155 Å². The van der Waals surface area contributed by atoms with Gasteiger partial charge in [0.2, 0.25) is 5.91 Å². The molecule has 2 aliphatic rings. The molecule has 0 radical (unpaired) electrons. The van der Waals surface area contributed by atoms with Crippen LogP contribution in [-0.2, 0) is 9.53 Å². The molecule has 3 aromatic rings. The second kappa shape index (κ2) is 9.42. The lowest BCUT2D eigenvalue weighted by atomic mass is 10.1. The van der Waals surface area contributed by atoms with Gasteiger partial charge in [0.1, 0.15) is 11.2 Å². The van der Waals surface area contributed by atoms with Crippen LogP contribution in [0.2, 0.25) is 0 Å². The number of fused-ring (bicyclic) bond motifs is 1. The van der Waals surface area contributed by atoms with E-state index < -0.39 is 35.2 Å². The number of carbonyl (C=O) groups is 3. The first-order valence-electron chi connectivity index (χ1n) is 12.0. The monoisotopic (exact) mass is 519 g/mol. The minimum Gasteiger partial charge on any atom is -0.377 e. The lowest BCUT2D eigenvalue weighted by Gasteiger charge is -2.21. The SMILES string of the molecule is CNC(=O)c1ccc(-c2cc3c(N[C@@H]4CN(C(=O)C5(C#N)CC5)C[C@@H]4OC)c(C(N)=O)cnn3c2)cc1F. The number of nitrogens with zero attached hydrogens (tertiary/aromatic N) is 4. The zero-order chi connectivity index (χ0) is 27.2. The Balaban J connectivity index is 1.49. The summed E-state index contributed by atoms with van der Waals surface area (Å²) >= 11 is 0. The molecule has 12 heteroatoms. The summed E-state index contributed by atoms with van der Waals surface area (Å²) in [7, 11) is 2.96. The van der Waals surface area contributed by atoms with Crippen molar-refractivity contribution in [3.63, 3.8) is 0 Å². The predicted molar refractivity (Wildman–Crippen MR) is 135 cm³/mol. The zero-order valence-corrected chi connectivity index (χ0v) is 20.8. The summed E-state index contributed by atoms with van der Waals surface area (Å²) in [6, 6.07) is 7.74.